The van der Waals surface area contributed by atoms with E-state index in [0.717, 1.165) is 19.3 Å². The average Bonchev–Trinajstić information content (AvgIpc) is 3.07. The Hall–Kier alpha value is -2.91. The molecule has 3 aromatic rings. The SMILES string of the molecule is C[C@@H]1CCC[C@@H](C)N1S(=O)(=O)c1ccc(NC(=O)CCn2c(=O)oc3ccccc32)cc1. The predicted octanol–water partition coefficient (Wildman–Crippen LogP) is 3.57. The fourth-order valence-electron chi connectivity index (χ4n) is 4.37. The van der Waals surface area contributed by atoms with Crippen LogP contribution >= 0.6 is 0 Å². The zero-order valence-corrected chi connectivity index (χ0v) is 19.0. The lowest BCUT2D eigenvalue weighted by Gasteiger charge is -2.37. The van der Waals surface area contributed by atoms with Gasteiger partial charge in [-0.25, -0.2) is 13.2 Å². The normalized spacial score (nSPS) is 19.8. The number of aryl methyl sites for hydroxylation is 1. The Morgan fingerprint density at radius 2 is 1.72 bits per heavy atom. The minimum Gasteiger partial charge on any atom is -0.408 e. The van der Waals surface area contributed by atoms with Crippen LogP contribution in [0.2, 0.25) is 0 Å². The number of rotatable bonds is 6. The summed E-state index contributed by atoms with van der Waals surface area (Å²) in [5.41, 5.74) is 1.62. The fourth-order valence-corrected chi connectivity index (χ4v) is 6.25. The summed E-state index contributed by atoms with van der Waals surface area (Å²) in [5.74, 6) is -0.786. The van der Waals surface area contributed by atoms with Crippen LogP contribution in [0.25, 0.3) is 11.1 Å². The van der Waals surface area contributed by atoms with Crippen molar-refractivity contribution < 1.29 is 17.6 Å². The van der Waals surface area contributed by atoms with Gasteiger partial charge < -0.3 is 9.73 Å². The highest BCUT2D eigenvalue weighted by Gasteiger charge is 2.35. The summed E-state index contributed by atoms with van der Waals surface area (Å²) in [7, 11) is -3.60. The second-order valence-electron chi connectivity index (χ2n) is 8.27. The van der Waals surface area contributed by atoms with Gasteiger partial charge in [0.05, 0.1) is 10.4 Å². The zero-order valence-electron chi connectivity index (χ0n) is 18.2. The highest BCUT2D eigenvalue weighted by molar-refractivity contribution is 7.89. The lowest BCUT2D eigenvalue weighted by Crippen LogP contribution is -2.47. The quantitative estimate of drug-likeness (QED) is 0.610. The van der Waals surface area contributed by atoms with Gasteiger partial charge in [-0.15, -0.1) is 0 Å². The Bertz CT molecular complexity index is 1270. The van der Waals surface area contributed by atoms with E-state index in [1.165, 1.54) is 16.7 Å². The Labute approximate surface area is 186 Å². The maximum Gasteiger partial charge on any atom is 0.419 e. The van der Waals surface area contributed by atoms with Gasteiger partial charge in [0.2, 0.25) is 15.9 Å². The largest absolute Gasteiger partial charge is 0.419 e. The Balaban J connectivity index is 1.41. The number of hydrogen-bond acceptors (Lipinski definition) is 5. The molecule has 0 spiro atoms. The zero-order chi connectivity index (χ0) is 22.9. The summed E-state index contributed by atoms with van der Waals surface area (Å²) in [6.45, 7) is 4.06. The number of para-hydroxylation sites is 2. The summed E-state index contributed by atoms with van der Waals surface area (Å²) in [5, 5.41) is 2.75. The van der Waals surface area contributed by atoms with Gasteiger partial charge in [0, 0.05) is 30.7 Å². The first-order valence-electron chi connectivity index (χ1n) is 10.8. The van der Waals surface area contributed by atoms with Gasteiger partial charge in [0.1, 0.15) is 0 Å². The van der Waals surface area contributed by atoms with Crippen molar-refractivity contribution in [3.8, 4) is 0 Å². The first-order chi connectivity index (χ1) is 15.3. The van der Waals surface area contributed by atoms with E-state index in [2.05, 4.69) is 5.32 Å². The number of piperidine rings is 1. The number of aromatic nitrogens is 1. The number of nitrogens with zero attached hydrogens (tertiary/aromatic N) is 2. The van der Waals surface area contributed by atoms with Gasteiger partial charge in [0.15, 0.2) is 5.58 Å². The molecule has 0 unspecified atom stereocenters. The van der Waals surface area contributed by atoms with E-state index in [-0.39, 0.29) is 35.9 Å². The molecule has 0 saturated carbocycles. The molecule has 8 nitrogen and oxygen atoms in total. The number of nitrogens with one attached hydrogen (secondary N) is 1. The van der Waals surface area contributed by atoms with Gasteiger partial charge in [-0.1, -0.05) is 18.6 Å². The molecule has 2 atom stereocenters. The molecule has 2 aromatic carbocycles. The second kappa shape index (κ2) is 8.91. The van der Waals surface area contributed by atoms with Crippen LogP contribution in [-0.4, -0.2) is 35.3 Å². The Morgan fingerprint density at radius 1 is 1.06 bits per heavy atom. The van der Waals surface area contributed by atoms with E-state index in [1.807, 2.05) is 13.8 Å². The molecule has 1 fully saturated rings. The van der Waals surface area contributed by atoms with Crippen molar-refractivity contribution in [2.24, 2.45) is 0 Å². The molecule has 2 heterocycles. The molecule has 1 aromatic heterocycles. The number of carbonyl (C=O) groups is 1. The van der Waals surface area contributed by atoms with E-state index < -0.39 is 15.8 Å². The lowest BCUT2D eigenvalue weighted by atomic mass is 10.0. The molecule has 9 heteroatoms. The molecular formula is C23H27N3O5S. The average molecular weight is 458 g/mol. The van der Waals surface area contributed by atoms with Crippen molar-refractivity contribution in [1.29, 1.82) is 0 Å². The number of sulfonamides is 1. The van der Waals surface area contributed by atoms with E-state index in [0.29, 0.717) is 16.8 Å². The molecule has 1 N–H and O–H groups in total. The van der Waals surface area contributed by atoms with Gasteiger partial charge >= 0.3 is 5.76 Å². The van der Waals surface area contributed by atoms with E-state index in [9.17, 15) is 18.0 Å². The molecule has 1 aliphatic heterocycles. The number of oxazole rings is 1. The molecule has 0 bridgehead atoms. The van der Waals surface area contributed by atoms with Crippen molar-refractivity contribution in [3.63, 3.8) is 0 Å². The van der Waals surface area contributed by atoms with Crippen LogP contribution in [0.3, 0.4) is 0 Å². The number of fused-ring (bicyclic) bond motifs is 1. The Kier molecular flexibility index (Phi) is 6.21. The van der Waals surface area contributed by atoms with Crippen LogP contribution in [0.1, 0.15) is 39.5 Å². The third-order valence-corrected chi connectivity index (χ3v) is 8.11. The molecule has 170 valence electrons. The summed E-state index contributed by atoms with van der Waals surface area (Å²) >= 11 is 0. The monoisotopic (exact) mass is 457 g/mol. The molecule has 0 radical (unpaired) electrons. The van der Waals surface area contributed by atoms with Crippen molar-refractivity contribution >= 4 is 32.7 Å². The van der Waals surface area contributed by atoms with Crippen molar-refractivity contribution in [2.45, 2.75) is 63.1 Å². The van der Waals surface area contributed by atoms with Crippen LogP contribution in [0.15, 0.2) is 62.6 Å². The minimum atomic E-state index is -3.60. The first-order valence-corrected chi connectivity index (χ1v) is 12.2. The molecule has 32 heavy (non-hydrogen) atoms. The van der Waals surface area contributed by atoms with E-state index in [1.54, 1.807) is 40.7 Å². The van der Waals surface area contributed by atoms with Crippen molar-refractivity contribution in [1.82, 2.24) is 8.87 Å². The molecule has 1 saturated heterocycles. The van der Waals surface area contributed by atoms with Gasteiger partial charge in [-0.2, -0.15) is 4.31 Å². The predicted molar refractivity (Wildman–Crippen MR) is 122 cm³/mol. The van der Waals surface area contributed by atoms with Crippen molar-refractivity contribution in [3.05, 3.63) is 59.1 Å². The summed E-state index contributed by atoms with van der Waals surface area (Å²) in [6.07, 6.45) is 2.81. The number of anilines is 1. The number of amides is 1. The lowest BCUT2D eigenvalue weighted by molar-refractivity contribution is -0.116. The molecular weight excluding hydrogens is 430 g/mol. The third-order valence-electron chi connectivity index (χ3n) is 5.96. The van der Waals surface area contributed by atoms with Gasteiger partial charge in [-0.05, 0) is 63.1 Å². The van der Waals surface area contributed by atoms with E-state index >= 15 is 0 Å². The van der Waals surface area contributed by atoms with Crippen LogP contribution in [0.4, 0.5) is 5.69 Å². The maximum absolute atomic E-state index is 13.1. The highest BCUT2D eigenvalue weighted by Crippen LogP contribution is 2.30. The first kappa shape index (κ1) is 22.3. The summed E-state index contributed by atoms with van der Waals surface area (Å²) in [6, 6.07) is 13.2. The van der Waals surface area contributed by atoms with Gasteiger partial charge in [0.25, 0.3) is 0 Å². The second-order valence-corrected chi connectivity index (χ2v) is 10.1. The van der Waals surface area contributed by atoms with Gasteiger partial charge in [-0.3, -0.25) is 9.36 Å². The van der Waals surface area contributed by atoms with Crippen LogP contribution < -0.4 is 11.1 Å². The smallest absolute Gasteiger partial charge is 0.408 e. The fraction of sp³-hybridized carbons (Fsp3) is 0.391. The van der Waals surface area contributed by atoms with Crippen molar-refractivity contribution in [2.75, 3.05) is 5.32 Å². The van der Waals surface area contributed by atoms with Crippen LogP contribution in [0.5, 0.6) is 0 Å². The van der Waals surface area contributed by atoms with Crippen LogP contribution in [0, 0.1) is 0 Å². The standard InChI is InChI=1S/C23H27N3O5S/c1-16-6-5-7-17(2)26(16)32(29,30)19-12-10-18(11-13-19)24-22(27)14-15-25-20-8-3-4-9-21(20)31-23(25)28/h3-4,8-13,16-17H,5-7,14-15H2,1-2H3,(H,24,27)/t16-,17-/m1/s1. The van der Waals surface area contributed by atoms with Crippen LogP contribution in [-0.2, 0) is 21.4 Å². The Morgan fingerprint density at radius 3 is 2.41 bits per heavy atom. The maximum atomic E-state index is 13.1. The number of benzene rings is 2. The topological polar surface area (TPSA) is 102 Å². The molecule has 1 amide bonds. The minimum absolute atomic E-state index is 0.0365. The number of carbonyl (C=O) groups excluding carboxylic acids is 1. The highest BCUT2D eigenvalue weighted by atomic mass is 32.2. The molecule has 1 aliphatic rings. The third kappa shape index (κ3) is 4.35. The summed E-state index contributed by atoms with van der Waals surface area (Å²) < 4.78 is 34.4. The molecule has 0 aliphatic carbocycles. The molecule has 4 rings (SSSR count). The summed E-state index contributed by atoms with van der Waals surface area (Å²) in [4.78, 5) is 24.6. The van der Waals surface area contributed by atoms with E-state index in [4.69, 9.17) is 4.42 Å². The number of hydrogen-bond donors (Lipinski definition) is 1.